The van der Waals surface area contributed by atoms with E-state index in [4.69, 9.17) is 0 Å². The molecule has 1 rings (SSSR count). The van der Waals surface area contributed by atoms with E-state index in [1.807, 2.05) is 13.8 Å². The van der Waals surface area contributed by atoms with Crippen molar-refractivity contribution >= 4 is 27.3 Å². The Kier molecular flexibility index (Phi) is 5.97. The van der Waals surface area contributed by atoms with E-state index in [-0.39, 0.29) is 11.9 Å². The van der Waals surface area contributed by atoms with Gasteiger partial charge in [-0.3, -0.25) is 9.52 Å². The highest BCUT2D eigenvalue weighted by atomic mass is 32.2. The Morgan fingerprint density at radius 1 is 1.20 bits per heavy atom. The second-order valence-electron chi connectivity index (χ2n) is 4.66. The van der Waals surface area contributed by atoms with E-state index in [0.717, 1.165) is 12.8 Å². The number of nitrogens with one attached hydrogen (secondary N) is 3. The topological polar surface area (TPSA) is 87.3 Å². The molecule has 0 heterocycles. The van der Waals surface area contributed by atoms with Crippen molar-refractivity contribution in [2.75, 3.05) is 22.8 Å². The molecule has 0 aromatic heterocycles. The third-order valence-corrected chi connectivity index (χ3v) is 3.12. The summed E-state index contributed by atoms with van der Waals surface area (Å²) in [5.74, 6) is -0.0812. The van der Waals surface area contributed by atoms with Gasteiger partial charge in [0.15, 0.2) is 0 Å². The first-order valence-corrected chi connectivity index (χ1v) is 8.30. The van der Waals surface area contributed by atoms with Crippen molar-refractivity contribution in [3.63, 3.8) is 0 Å². The molecule has 1 unspecified atom stereocenters. The van der Waals surface area contributed by atoms with Crippen LogP contribution in [0.3, 0.4) is 0 Å². The highest BCUT2D eigenvalue weighted by Gasteiger charge is 2.08. The molecule has 6 nitrogen and oxygen atoms in total. The molecule has 3 N–H and O–H groups in total. The zero-order valence-electron chi connectivity index (χ0n) is 11.9. The Bertz CT molecular complexity index is 540. The van der Waals surface area contributed by atoms with Gasteiger partial charge in [-0.2, -0.15) is 0 Å². The summed E-state index contributed by atoms with van der Waals surface area (Å²) in [5, 5.41) is 5.92. The van der Waals surface area contributed by atoms with E-state index in [0.29, 0.717) is 17.8 Å². The third kappa shape index (κ3) is 6.53. The third-order valence-electron chi connectivity index (χ3n) is 2.52. The molecule has 1 atom stereocenters. The zero-order valence-corrected chi connectivity index (χ0v) is 12.8. The summed E-state index contributed by atoms with van der Waals surface area (Å²) < 4.78 is 24.5. The smallest absolute Gasteiger partial charge is 0.229 e. The number of amides is 1. The van der Waals surface area contributed by atoms with Gasteiger partial charge in [0.05, 0.1) is 6.26 Å². The van der Waals surface area contributed by atoms with Crippen molar-refractivity contribution in [1.29, 1.82) is 0 Å². The van der Waals surface area contributed by atoms with Crippen LogP contribution in [0, 0.1) is 0 Å². The normalized spacial score (nSPS) is 12.8. The highest BCUT2D eigenvalue weighted by Crippen LogP contribution is 2.14. The van der Waals surface area contributed by atoms with E-state index in [9.17, 15) is 13.2 Å². The van der Waals surface area contributed by atoms with Crippen LogP contribution in [0.4, 0.5) is 11.4 Å². The summed E-state index contributed by atoms with van der Waals surface area (Å²) >= 11 is 0. The molecular weight excluding hydrogens is 278 g/mol. The van der Waals surface area contributed by atoms with Crippen molar-refractivity contribution in [2.45, 2.75) is 26.3 Å². The lowest BCUT2D eigenvalue weighted by Crippen LogP contribution is -2.30. The van der Waals surface area contributed by atoms with Gasteiger partial charge in [-0.05, 0) is 37.7 Å². The van der Waals surface area contributed by atoms with Gasteiger partial charge in [-0.1, -0.05) is 6.92 Å². The molecule has 0 aliphatic carbocycles. The predicted octanol–water partition coefficient (Wildman–Crippen LogP) is 1.38. The lowest BCUT2D eigenvalue weighted by Gasteiger charge is -2.12. The molecule has 0 spiro atoms. The van der Waals surface area contributed by atoms with Gasteiger partial charge in [-0.15, -0.1) is 0 Å². The van der Waals surface area contributed by atoms with E-state index in [2.05, 4.69) is 15.4 Å². The summed E-state index contributed by atoms with van der Waals surface area (Å²) in [5.41, 5.74) is 1.10. The average Bonchev–Trinajstić information content (AvgIpc) is 2.30. The minimum Gasteiger partial charge on any atom is -0.326 e. The number of carbonyl (C=O) groups excluding carboxylic acids is 1. The van der Waals surface area contributed by atoms with Crippen molar-refractivity contribution in [3.05, 3.63) is 24.3 Å². The fraction of sp³-hybridized carbons (Fsp3) is 0.462. The first-order chi connectivity index (χ1) is 9.30. The van der Waals surface area contributed by atoms with Gasteiger partial charge < -0.3 is 10.6 Å². The second-order valence-corrected chi connectivity index (χ2v) is 6.41. The maximum absolute atomic E-state index is 11.7. The second kappa shape index (κ2) is 7.25. The van der Waals surface area contributed by atoms with Crippen LogP contribution in [0.15, 0.2) is 24.3 Å². The Morgan fingerprint density at radius 3 is 2.25 bits per heavy atom. The minimum absolute atomic E-state index is 0.0812. The van der Waals surface area contributed by atoms with E-state index in [1.54, 1.807) is 24.3 Å². The summed E-state index contributed by atoms with van der Waals surface area (Å²) in [6, 6.07) is 6.63. The van der Waals surface area contributed by atoms with E-state index < -0.39 is 10.0 Å². The Labute approximate surface area is 120 Å². The monoisotopic (exact) mass is 299 g/mol. The first-order valence-electron chi connectivity index (χ1n) is 6.41. The molecule has 0 radical (unpaired) electrons. The van der Waals surface area contributed by atoms with Crippen LogP contribution in [0.5, 0.6) is 0 Å². The van der Waals surface area contributed by atoms with Crippen molar-refractivity contribution < 1.29 is 13.2 Å². The Morgan fingerprint density at radius 2 is 1.75 bits per heavy atom. The lowest BCUT2D eigenvalue weighted by molar-refractivity contribution is -0.116. The summed E-state index contributed by atoms with van der Waals surface area (Å²) in [6.07, 6.45) is 1.47. The quantitative estimate of drug-likeness (QED) is 0.710. The van der Waals surface area contributed by atoms with Crippen molar-refractivity contribution in [3.8, 4) is 0 Å². The van der Waals surface area contributed by atoms with Gasteiger partial charge in [-0.25, -0.2) is 8.42 Å². The van der Waals surface area contributed by atoms with Gasteiger partial charge in [0, 0.05) is 23.8 Å². The van der Waals surface area contributed by atoms with Gasteiger partial charge in [0.25, 0.3) is 0 Å². The maximum atomic E-state index is 11.7. The number of carbonyl (C=O) groups is 1. The van der Waals surface area contributed by atoms with Gasteiger partial charge >= 0.3 is 0 Å². The van der Waals surface area contributed by atoms with Gasteiger partial charge in [0.2, 0.25) is 15.9 Å². The molecule has 1 amide bonds. The van der Waals surface area contributed by atoms with Crippen LogP contribution >= 0.6 is 0 Å². The van der Waals surface area contributed by atoms with Crippen LogP contribution in [0.25, 0.3) is 0 Å². The fourth-order valence-corrected chi connectivity index (χ4v) is 2.31. The fourth-order valence-electron chi connectivity index (χ4n) is 1.75. The summed E-state index contributed by atoms with van der Waals surface area (Å²) in [7, 11) is -3.28. The number of benzene rings is 1. The van der Waals surface area contributed by atoms with Crippen LogP contribution in [-0.2, 0) is 14.8 Å². The van der Waals surface area contributed by atoms with Crippen LogP contribution in [0.1, 0.15) is 20.3 Å². The first kappa shape index (κ1) is 16.5. The van der Waals surface area contributed by atoms with E-state index in [1.165, 1.54) is 0 Å². The minimum atomic E-state index is -3.28. The molecule has 0 saturated heterocycles. The maximum Gasteiger partial charge on any atom is 0.229 e. The number of hydrogen-bond acceptors (Lipinski definition) is 4. The molecule has 112 valence electrons. The molecule has 0 fully saturated rings. The standard InChI is InChI=1S/C13H21N3O3S/c1-4-14-10(2)9-13(17)15-11-5-7-12(8-6-11)16-20(3,18)19/h5-8,10,14,16H,4,9H2,1-3H3,(H,15,17). The van der Waals surface area contributed by atoms with Gasteiger partial charge in [0.1, 0.15) is 0 Å². The number of anilines is 2. The lowest BCUT2D eigenvalue weighted by atomic mass is 10.2. The molecule has 0 aliphatic rings. The largest absolute Gasteiger partial charge is 0.326 e. The Hall–Kier alpha value is -1.60. The highest BCUT2D eigenvalue weighted by molar-refractivity contribution is 7.92. The molecule has 20 heavy (non-hydrogen) atoms. The Balaban J connectivity index is 2.55. The average molecular weight is 299 g/mol. The molecule has 0 saturated carbocycles. The number of sulfonamides is 1. The van der Waals surface area contributed by atoms with Crippen LogP contribution in [-0.4, -0.2) is 33.2 Å². The number of rotatable bonds is 7. The summed E-state index contributed by atoms with van der Waals surface area (Å²) in [6.45, 7) is 4.75. The molecule has 1 aromatic rings. The molecule has 0 bridgehead atoms. The van der Waals surface area contributed by atoms with Crippen molar-refractivity contribution in [1.82, 2.24) is 5.32 Å². The predicted molar refractivity (Wildman–Crippen MR) is 81.3 cm³/mol. The zero-order chi connectivity index (χ0) is 15.2. The van der Waals surface area contributed by atoms with Crippen LogP contribution in [0.2, 0.25) is 0 Å². The molecule has 1 aromatic carbocycles. The molecule has 7 heteroatoms. The van der Waals surface area contributed by atoms with E-state index >= 15 is 0 Å². The molecular formula is C13H21N3O3S. The SMILES string of the molecule is CCNC(C)CC(=O)Nc1ccc(NS(C)(=O)=O)cc1. The molecule has 0 aliphatic heterocycles. The summed E-state index contributed by atoms with van der Waals surface area (Å²) in [4.78, 5) is 11.7. The van der Waals surface area contributed by atoms with Crippen LogP contribution < -0.4 is 15.4 Å². The number of hydrogen-bond donors (Lipinski definition) is 3. The van der Waals surface area contributed by atoms with Crippen molar-refractivity contribution in [2.24, 2.45) is 0 Å².